The minimum Gasteiger partial charge on any atom is -0.480 e. The molecule has 0 aliphatic heterocycles. The van der Waals surface area contributed by atoms with Crippen molar-refractivity contribution in [2.45, 2.75) is 20.0 Å². The first-order valence-corrected chi connectivity index (χ1v) is 5.85. The summed E-state index contributed by atoms with van der Waals surface area (Å²) in [4.78, 5) is 15.3. The molecule has 9 heteroatoms. The predicted molar refractivity (Wildman–Crippen MR) is 59.6 cm³/mol. The zero-order chi connectivity index (χ0) is 13.9. The average molecular weight is 283 g/mol. The van der Waals surface area contributed by atoms with Crippen molar-refractivity contribution in [2.24, 2.45) is 5.92 Å². The van der Waals surface area contributed by atoms with E-state index >= 15 is 0 Å². The minimum absolute atomic E-state index is 0.0292. The van der Waals surface area contributed by atoms with E-state index in [9.17, 15) is 18.0 Å². The highest BCUT2D eigenvalue weighted by molar-refractivity contribution is 7.09. The molecule has 1 N–H and O–H groups in total. The second-order valence-electron chi connectivity index (χ2n) is 4.07. The van der Waals surface area contributed by atoms with Gasteiger partial charge in [0.15, 0.2) is 0 Å². The molecule has 0 fully saturated rings. The number of nitrogens with zero attached hydrogens (tertiary/aromatic N) is 3. The number of carboxylic acid groups (broad SMARTS) is 1. The molecule has 5 nitrogen and oxygen atoms in total. The summed E-state index contributed by atoms with van der Waals surface area (Å²) in [5, 5.41) is 8.69. The Kier molecular flexibility index (Phi) is 4.49. The maximum Gasteiger partial charge on any atom is 0.452 e. The molecule has 0 atom stereocenters. The van der Waals surface area contributed by atoms with Crippen LogP contribution in [0, 0.1) is 5.92 Å². The van der Waals surface area contributed by atoms with Crippen LogP contribution >= 0.6 is 11.5 Å². The number of aromatic nitrogens is 2. The Labute approximate surface area is 105 Å². The molecule has 0 amide bonds. The normalized spacial score (nSPS) is 11.9. The van der Waals surface area contributed by atoms with Crippen LogP contribution in [0.15, 0.2) is 0 Å². The number of alkyl halides is 3. The molecule has 18 heavy (non-hydrogen) atoms. The molecule has 1 aromatic heterocycles. The average Bonchev–Trinajstić information content (AvgIpc) is 2.62. The van der Waals surface area contributed by atoms with E-state index in [-0.39, 0.29) is 11.0 Å². The van der Waals surface area contributed by atoms with Crippen molar-refractivity contribution in [3.63, 3.8) is 0 Å². The summed E-state index contributed by atoms with van der Waals surface area (Å²) < 4.78 is 40.2. The molecule has 1 aromatic rings. The fraction of sp³-hybridized carbons (Fsp3) is 0.667. The van der Waals surface area contributed by atoms with E-state index in [1.165, 1.54) is 4.90 Å². The third-order valence-electron chi connectivity index (χ3n) is 1.85. The summed E-state index contributed by atoms with van der Waals surface area (Å²) in [5.41, 5.74) is 0. The molecular weight excluding hydrogens is 271 g/mol. The highest BCUT2D eigenvalue weighted by atomic mass is 32.1. The van der Waals surface area contributed by atoms with Gasteiger partial charge in [0, 0.05) is 18.1 Å². The highest BCUT2D eigenvalue weighted by Crippen LogP contribution is 2.30. The molecule has 0 radical (unpaired) electrons. The van der Waals surface area contributed by atoms with Crippen LogP contribution in [0.25, 0.3) is 0 Å². The number of carbonyl (C=O) groups is 1. The van der Waals surface area contributed by atoms with Crippen molar-refractivity contribution in [1.82, 2.24) is 9.36 Å². The van der Waals surface area contributed by atoms with Gasteiger partial charge in [0.05, 0.1) is 0 Å². The maximum absolute atomic E-state index is 12.3. The van der Waals surface area contributed by atoms with Gasteiger partial charge in [0.25, 0.3) is 0 Å². The molecule has 1 heterocycles. The van der Waals surface area contributed by atoms with Gasteiger partial charge in [-0.1, -0.05) is 13.8 Å². The Bertz CT molecular complexity index is 419. The van der Waals surface area contributed by atoms with E-state index in [4.69, 9.17) is 5.11 Å². The van der Waals surface area contributed by atoms with Crippen molar-refractivity contribution in [3.8, 4) is 0 Å². The van der Waals surface area contributed by atoms with E-state index in [2.05, 4.69) is 9.36 Å². The maximum atomic E-state index is 12.3. The smallest absolute Gasteiger partial charge is 0.452 e. The van der Waals surface area contributed by atoms with Gasteiger partial charge in [-0.3, -0.25) is 4.79 Å². The van der Waals surface area contributed by atoms with E-state index < -0.39 is 24.5 Å². The summed E-state index contributed by atoms with van der Waals surface area (Å²) in [7, 11) is 0. The first-order chi connectivity index (χ1) is 8.20. The molecule has 0 spiro atoms. The number of halogens is 3. The summed E-state index contributed by atoms with van der Waals surface area (Å²) >= 11 is 0.550. The zero-order valence-electron chi connectivity index (χ0n) is 9.73. The van der Waals surface area contributed by atoms with Crippen molar-refractivity contribution in [1.29, 1.82) is 0 Å². The Morgan fingerprint density at radius 2 is 2.11 bits per heavy atom. The number of carboxylic acids is 1. The van der Waals surface area contributed by atoms with Crippen molar-refractivity contribution >= 4 is 22.6 Å². The lowest BCUT2D eigenvalue weighted by molar-refractivity contribution is -0.144. The van der Waals surface area contributed by atoms with Crippen molar-refractivity contribution in [3.05, 3.63) is 5.82 Å². The van der Waals surface area contributed by atoms with Crippen LogP contribution < -0.4 is 4.90 Å². The van der Waals surface area contributed by atoms with Crippen molar-refractivity contribution < 1.29 is 23.1 Å². The molecular formula is C9H12F3N3O2S. The quantitative estimate of drug-likeness (QED) is 0.896. The lowest BCUT2D eigenvalue weighted by Crippen LogP contribution is -2.33. The minimum atomic E-state index is -4.61. The SMILES string of the molecule is CC(C)CN(CC(=O)O)c1nc(C(F)(F)F)ns1. The molecule has 0 saturated carbocycles. The van der Waals surface area contributed by atoms with Gasteiger partial charge in [0.2, 0.25) is 11.0 Å². The Hall–Kier alpha value is -1.38. The second kappa shape index (κ2) is 5.51. The largest absolute Gasteiger partial charge is 0.480 e. The Morgan fingerprint density at radius 1 is 1.50 bits per heavy atom. The number of hydrogen-bond donors (Lipinski definition) is 1. The fourth-order valence-corrected chi connectivity index (χ4v) is 1.97. The third-order valence-corrected chi connectivity index (χ3v) is 2.63. The van der Waals surface area contributed by atoms with Gasteiger partial charge in [-0.25, -0.2) is 0 Å². The van der Waals surface area contributed by atoms with E-state index in [0.717, 1.165) is 0 Å². The van der Waals surface area contributed by atoms with Crippen LogP contribution in [0.3, 0.4) is 0 Å². The summed E-state index contributed by atoms with van der Waals surface area (Å²) in [6.07, 6.45) is -4.61. The Morgan fingerprint density at radius 3 is 2.50 bits per heavy atom. The Balaban J connectivity index is 2.91. The van der Waals surface area contributed by atoms with Crippen LogP contribution in [-0.2, 0) is 11.0 Å². The summed E-state index contributed by atoms with van der Waals surface area (Å²) in [5.74, 6) is -2.26. The molecule has 0 unspecified atom stereocenters. The van der Waals surface area contributed by atoms with Gasteiger partial charge in [0.1, 0.15) is 6.54 Å². The van der Waals surface area contributed by atoms with Crippen LogP contribution in [-0.4, -0.2) is 33.5 Å². The molecule has 0 aromatic carbocycles. The van der Waals surface area contributed by atoms with E-state index in [1.807, 2.05) is 13.8 Å². The third kappa shape index (κ3) is 4.13. The molecule has 0 saturated heterocycles. The topological polar surface area (TPSA) is 66.3 Å². The second-order valence-corrected chi connectivity index (χ2v) is 4.80. The molecule has 0 bridgehead atoms. The zero-order valence-corrected chi connectivity index (χ0v) is 10.5. The lowest BCUT2D eigenvalue weighted by atomic mass is 10.2. The number of anilines is 1. The first-order valence-electron chi connectivity index (χ1n) is 5.07. The molecule has 0 aliphatic carbocycles. The van der Waals surface area contributed by atoms with Gasteiger partial charge < -0.3 is 10.0 Å². The van der Waals surface area contributed by atoms with Gasteiger partial charge in [-0.15, -0.1) is 0 Å². The van der Waals surface area contributed by atoms with E-state index in [1.54, 1.807) is 0 Å². The van der Waals surface area contributed by atoms with E-state index in [0.29, 0.717) is 18.1 Å². The standard InChI is InChI=1S/C9H12F3N3O2S/c1-5(2)3-15(4-6(16)17)8-13-7(14-18-8)9(10,11)12/h5H,3-4H2,1-2H3,(H,16,17). The van der Waals surface area contributed by atoms with Crippen LogP contribution in [0.4, 0.5) is 18.3 Å². The molecule has 1 rings (SSSR count). The van der Waals surface area contributed by atoms with Gasteiger partial charge in [-0.2, -0.15) is 22.5 Å². The van der Waals surface area contributed by atoms with Crippen LogP contribution in [0.5, 0.6) is 0 Å². The van der Waals surface area contributed by atoms with Gasteiger partial charge >= 0.3 is 12.1 Å². The van der Waals surface area contributed by atoms with Crippen LogP contribution in [0.2, 0.25) is 0 Å². The molecule has 0 aliphatic rings. The summed E-state index contributed by atoms with van der Waals surface area (Å²) in [6, 6.07) is 0. The summed E-state index contributed by atoms with van der Waals surface area (Å²) in [6.45, 7) is 3.57. The predicted octanol–water partition coefficient (Wildman–Crippen LogP) is 2.10. The lowest BCUT2D eigenvalue weighted by Gasteiger charge is -2.21. The highest BCUT2D eigenvalue weighted by Gasteiger charge is 2.36. The monoisotopic (exact) mass is 283 g/mol. The van der Waals surface area contributed by atoms with Crippen molar-refractivity contribution in [2.75, 3.05) is 18.0 Å². The molecule has 102 valence electrons. The first kappa shape index (κ1) is 14.7. The number of hydrogen-bond acceptors (Lipinski definition) is 5. The number of rotatable bonds is 5. The van der Waals surface area contributed by atoms with Crippen LogP contribution in [0.1, 0.15) is 19.7 Å². The fourth-order valence-electron chi connectivity index (χ4n) is 1.27. The van der Waals surface area contributed by atoms with Gasteiger partial charge in [-0.05, 0) is 5.92 Å². The number of aliphatic carboxylic acids is 1.